The Hall–Kier alpha value is -3.51. The lowest BCUT2D eigenvalue weighted by molar-refractivity contribution is -0.142. The number of rotatable bonds is 17. The highest BCUT2D eigenvalue weighted by molar-refractivity contribution is 5.94. The van der Waals surface area contributed by atoms with Crippen molar-refractivity contribution in [1.29, 1.82) is 0 Å². The predicted octanol–water partition coefficient (Wildman–Crippen LogP) is -0.255. The zero-order chi connectivity index (χ0) is 28.0. The van der Waals surface area contributed by atoms with E-state index in [9.17, 15) is 29.1 Å². The number of amides is 3. The third kappa shape index (κ3) is 11.8. The average Bonchev–Trinajstić information content (AvgIpc) is 2.84. The van der Waals surface area contributed by atoms with Crippen molar-refractivity contribution in [2.75, 3.05) is 6.54 Å². The van der Waals surface area contributed by atoms with Gasteiger partial charge < -0.3 is 37.6 Å². The molecule has 0 bridgehead atoms. The summed E-state index contributed by atoms with van der Waals surface area (Å²) in [6.45, 7) is 3.78. The van der Waals surface area contributed by atoms with Crippen LogP contribution in [0, 0.1) is 5.92 Å². The molecule has 12 nitrogen and oxygen atoms in total. The highest BCUT2D eigenvalue weighted by Crippen LogP contribution is 2.09. The Kier molecular flexibility index (Phi) is 13.9. The molecule has 1 rings (SSSR count). The summed E-state index contributed by atoms with van der Waals surface area (Å²) >= 11 is 0. The van der Waals surface area contributed by atoms with Crippen LogP contribution in [-0.4, -0.2) is 70.6 Å². The molecule has 4 atom stereocenters. The maximum absolute atomic E-state index is 13.1. The quantitative estimate of drug-likeness (QED) is 0.134. The molecule has 0 aliphatic rings. The third-order valence-corrected chi connectivity index (χ3v) is 5.73. The SMILES string of the molecule is CC(C)C(NC(=O)C(CCCCN)NC(=O)C(N)CCC(=O)O)C(=O)NC(Cc1ccccc1)C(=O)O. The molecule has 0 aromatic heterocycles. The van der Waals surface area contributed by atoms with Gasteiger partial charge in [-0.1, -0.05) is 44.2 Å². The van der Waals surface area contributed by atoms with Crippen molar-refractivity contribution in [3.63, 3.8) is 0 Å². The lowest BCUT2D eigenvalue weighted by atomic mass is 10.00. The van der Waals surface area contributed by atoms with E-state index in [1.807, 2.05) is 0 Å². The molecule has 0 spiro atoms. The summed E-state index contributed by atoms with van der Waals surface area (Å²) in [5.74, 6) is -4.70. The van der Waals surface area contributed by atoms with E-state index in [0.717, 1.165) is 5.56 Å². The lowest BCUT2D eigenvalue weighted by Crippen LogP contribution is -2.58. The highest BCUT2D eigenvalue weighted by atomic mass is 16.4. The first-order chi connectivity index (χ1) is 17.5. The maximum atomic E-state index is 13.1. The van der Waals surface area contributed by atoms with Gasteiger partial charge in [0.15, 0.2) is 0 Å². The number of carbonyl (C=O) groups is 5. The molecule has 0 saturated carbocycles. The van der Waals surface area contributed by atoms with E-state index in [1.54, 1.807) is 44.2 Å². The molecule has 1 aromatic rings. The molecule has 3 amide bonds. The summed E-state index contributed by atoms with van der Waals surface area (Å²) < 4.78 is 0. The summed E-state index contributed by atoms with van der Waals surface area (Å²) in [4.78, 5) is 61.1. The normalized spacial score (nSPS) is 14.2. The first-order valence-electron chi connectivity index (χ1n) is 12.3. The molecule has 0 fully saturated rings. The Labute approximate surface area is 216 Å². The Morgan fingerprint density at radius 1 is 0.838 bits per heavy atom. The number of carbonyl (C=O) groups excluding carboxylic acids is 3. The molecule has 0 aliphatic carbocycles. The number of hydrogen-bond acceptors (Lipinski definition) is 7. The monoisotopic (exact) mass is 521 g/mol. The van der Waals surface area contributed by atoms with Gasteiger partial charge in [0.05, 0.1) is 6.04 Å². The van der Waals surface area contributed by atoms with Crippen LogP contribution >= 0.6 is 0 Å². The van der Waals surface area contributed by atoms with Gasteiger partial charge in [-0.25, -0.2) is 4.79 Å². The van der Waals surface area contributed by atoms with E-state index < -0.39 is 59.7 Å². The van der Waals surface area contributed by atoms with Gasteiger partial charge in [-0.2, -0.15) is 0 Å². The number of aliphatic carboxylic acids is 2. The van der Waals surface area contributed by atoms with Crippen LogP contribution < -0.4 is 27.4 Å². The lowest BCUT2D eigenvalue weighted by Gasteiger charge is -2.27. The second kappa shape index (κ2) is 16.3. The van der Waals surface area contributed by atoms with Crippen molar-refractivity contribution in [3.8, 4) is 0 Å². The van der Waals surface area contributed by atoms with Crippen LogP contribution in [0.1, 0.15) is 51.5 Å². The van der Waals surface area contributed by atoms with Crippen LogP contribution in [0.5, 0.6) is 0 Å². The number of benzene rings is 1. The fourth-order valence-electron chi connectivity index (χ4n) is 3.55. The predicted molar refractivity (Wildman–Crippen MR) is 136 cm³/mol. The van der Waals surface area contributed by atoms with Gasteiger partial charge in [0, 0.05) is 12.8 Å². The minimum absolute atomic E-state index is 0.0622. The molecule has 37 heavy (non-hydrogen) atoms. The fraction of sp³-hybridized carbons (Fsp3) is 0.560. The van der Waals surface area contributed by atoms with Gasteiger partial charge in [0.25, 0.3) is 0 Å². The van der Waals surface area contributed by atoms with E-state index >= 15 is 0 Å². The number of hydrogen-bond donors (Lipinski definition) is 7. The van der Waals surface area contributed by atoms with Gasteiger partial charge >= 0.3 is 11.9 Å². The molecule has 0 heterocycles. The molecule has 12 heteroatoms. The number of nitrogens with one attached hydrogen (secondary N) is 3. The zero-order valence-electron chi connectivity index (χ0n) is 21.3. The topological polar surface area (TPSA) is 214 Å². The van der Waals surface area contributed by atoms with Crippen LogP contribution in [-0.2, 0) is 30.4 Å². The summed E-state index contributed by atoms with van der Waals surface area (Å²) in [6.07, 6.45) is 0.981. The Bertz CT molecular complexity index is 910. The third-order valence-electron chi connectivity index (χ3n) is 5.73. The van der Waals surface area contributed by atoms with Crippen LogP contribution in [0.4, 0.5) is 0 Å². The molecule has 1 aromatic carbocycles. The molecular weight excluding hydrogens is 482 g/mol. The second-order valence-corrected chi connectivity index (χ2v) is 9.20. The molecule has 0 aliphatic heterocycles. The van der Waals surface area contributed by atoms with Crippen LogP contribution in [0.3, 0.4) is 0 Å². The molecule has 206 valence electrons. The Morgan fingerprint density at radius 2 is 1.46 bits per heavy atom. The largest absolute Gasteiger partial charge is 0.481 e. The van der Waals surface area contributed by atoms with Gasteiger partial charge in [-0.05, 0) is 43.7 Å². The first kappa shape index (κ1) is 31.5. The smallest absolute Gasteiger partial charge is 0.326 e. The van der Waals surface area contributed by atoms with Crippen molar-refractivity contribution >= 4 is 29.7 Å². The highest BCUT2D eigenvalue weighted by Gasteiger charge is 2.32. The van der Waals surface area contributed by atoms with Gasteiger partial charge in [0.2, 0.25) is 17.7 Å². The fourth-order valence-corrected chi connectivity index (χ4v) is 3.55. The van der Waals surface area contributed by atoms with Crippen LogP contribution in [0.25, 0.3) is 0 Å². The molecule has 4 unspecified atom stereocenters. The number of nitrogens with two attached hydrogens (primary N) is 2. The van der Waals surface area contributed by atoms with Crippen molar-refractivity contribution < 1.29 is 34.2 Å². The number of carboxylic acids is 2. The molecule has 9 N–H and O–H groups in total. The van der Waals surface area contributed by atoms with Crippen molar-refractivity contribution in [1.82, 2.24) is 16.0 Å². The number of unbranched alkanes of at least 4 members (excludes halogenated alkanes) is 1. The average molecular weight is 522 g/mol. The van der Waals surface area contributed by atoms with Crippen LogP contribution in [0.15, 0.2) is 30.3 Å². The second-order valence-electron chi connectivity index (χ2n) is 9.20. The molecule has 0 radical (unpaired) electrons. The van der Waals surface area contributed by atoms with Gasteiger partial charge in [0.1, 0.15) is 18.1 Å². The minimum Gasteiger partial charge on any atom is -0.481 e. The Morgan fingerprint density at radius 3 is 2.00 bits per heavy atom. The van der Waals surface area contributed by atoms with E-state index in [4.69, 9.17) is 16.6 Å². The summed E-state index contributed by atoms with van der Waals surface area (Å²) in [5.41, 5.74) is 12.0. The first-order valence-corrected chi connectivity index (χ1v) is 12.3. The Balaban J connectivity index is 2.94. The van der Waals surface area contributed by atoms with E-state index in [1.165, 1.54) is 0 Å². The van der Waals surface area contributed by atoms with Gasteiger partial charge in [-0.15, -0.1) is 0 Å². The maximum Gasteiger partial charge on any atom is 0.326 e. The minimum atomic E-state index is -1.21. The number of carboxylic acid groups (broad SMARTS) is 2. The molecular formula is C25H39N5O7. The molecule has 0 saturated heterocycles. The van der Waals surface area contributed by atoms with E-state index in [0.29, 0.717) is 19.4 Å². The summed E-state index contributed by atoms with van der Waals surface area (Å²) in [6, 6.07) is 4.38. The van der Waals surface area contributed by atoms with Crippen molar-refractivity contribution in [2.45, 2.75) is 76.5 Å². The standard InChI is InChI=1S/C25H39N5O7/c1-15(2)21(24(35)29-19(25(36)37)14-16-8-4-3-5-9-16)30-23(34)18(10-6-7-13-26)28-22(33)17(27)11-12-20(31)32/h3-5,8-9,15,17-19,21H,6-7,10-14,26-27H2,1-2H3,(H,28,33)(H,29,35)(H,30,34)(H,31,32)(H,36,37). The van der Waals surface area contributed by atoms with E-state index in [-0.39, 0.29) is 25.7 Å². The van der Waals surface area contributed by atoms with Crippen LogP contribution in [0.2, 0.25) is 0 Å². The zero-order valence-corrected chi connectivity index (χ0v) is 21.3. The van der Waals surface area contributed by atoms with Crippen molar-refractivity contribution in [2.24, 2.45) is 17.4 Å². The summed E-state index contributed by atoms with van der Waals surface area (Å²) in [7, 11) is 0. The van der Waals surface area contributed by atoms with Crippen molar-refractivity contribution in [3.05, 3.63) is 35.9 Å². The van der Waals surface area contributed by atoms with Gasteiger partial charge in [-0.3, -0.25) is 19.2 Å². The van der Waals surface area contributed by atoms with E-state index in [2.05, 4.69) is 16.0 Å². The summed E-state index contributed by atoms with van der Waals surface area (Å²) in [5, 5.41) is 26.1.